The maximum Gasteiger partial charge on any atom is 0.123 e. The van der Waals surface area contributed by atoms with E-state index in [1.54, 1.807) is 12.1 Å². The topological polar surface area (TPSA) is 0 Å². The van der Waals surface area contributed by atoms with Crippen LogP contribution in [0.25, 0.3) is 0 Å². The molecule has 2 rings (SSSR count). The second-order valence-corrected chi connectivity index (χ2v) is 4.30. The van der Waals surface area contributed by atoms with Crippen LogP contribution in [0.2, 0.25) is 0 Å². The van der Waals surface area contributed by atoms with Crippen LogP contribution in [0.15, 0.2) is 24.3 Å². The average Bonchev–Trinajstić information content (AvgIpc) is 2.85. The molecule has 2 unspecified atom stereocenters. The van der Waals surface area contributed by atoms with Gasteiger partial charge in [-0.25, -0.2) is 4.39 Å². The second kappa shape index (κ2) is 3.13. The largest absolute Gasteiger partial charge is 0.207 e. The maximum atomic E-state index is 12.6. The van der Waals surface area contributed by atoms with E-state index >= 15 is 0 Å². The molecular weight excluding hydrogens is 163 g/mol. The van der Waals surface area contributed by atoms with Crippen LogP contribution in [0, 0.1) is 17.7 Å². The van der Waals surface area contributed by atoms with E-state index in [0.29, 0.717) is 5.92 Å². The molecule has 0 radical (unpaired) electrons. The quantitative estimate of drug-likeness (QED) is 0.649. The van der Waals surface area contributed by atoms with Crippen LogP contribution in [-0.2, 0) is 0 Å². The van der Waals surface area contributed by atoms with Crippen molar-refractivity contribution in [1.29, 1.82) is 0 Å². The first kappa shape index (κ1) is 8.74. The number of hydrogen-bond donors (Lipinski definition) is 0. The van der Waals surface area contributed by atoms with Gasteiger partial charge in [0.1, 0.15) is 5.82 Å². The summed E-state index contributed by atoms with van der Waals surface area (Å²) in [7, 11) is 0. The van der Waals surface area contributed by atoms with Gasteiger partial charge in [0, 0.05) is 0 Å². The van der Waals surface area contributed by atoms with Gasteiger partial charge in [0.05, 0.1) is 0 Å². The summed E-state index contributed by atoms with van der Waals surface area (Å²) >= 11 is 0. The summed E-state index contributed by atoms with van der Waals surface area (Å²) in [6.07, 6.45) is 1.28. The number of hydrogen-bond acceptors (Lipinski definition) is 0. The molecular formula is C12H15F. The second-order valence-electron chi connectivity index (χ2n) is 4.30. The first-order chi connectivity index (χ1) is 6.18. The van der Waals surface area contributed by atoms with Crippen molar-refractivity contribution >= 4 is 0 Å². The lowest BCUT2D eigenvalue weighted by atomic mass is 10.0. The Hall–Kier alpha value is -0.850. The molecule has 2 atom stereocenters. The predicted octanol–water partition coefficient (Wildman–Crippen LogP) is 3.59. The van der Waals surface area contributed by atoms with E-state index in [0.717, 1.165) is 11.8 Å². The van der Waals surface area contributed by atoms with Crippen molar-refractivity contribution < 1.29 is 4.39 Å². The normalized spacial score (nSPS) is 26.5. The van der Waals surface area contributed by atoms with Gasteiger partial charge in [-0.2, -0.15) is 0 Å². The highest BCUT2D eigenvalue weighted by atomic mass is 19.1. The first-order valence-corrected chi connectivity index (χ1v) is 4.94. The van der Waals surface area contributed by atoms with E-state index in [-0.39, 0.29) is 5.82 Å². The monoisotopic (exact) mass is 178 g/mol. The Morgan fingerprint density at radius 2 is 1.85 bits per heavy atom. The zero-order valence-electron chi connectivity index (χ0n) is 8.13. The Kier molecular flexibility index (Phi) is 2.10. The molecule has 70 valence electrons. The molecule has 1 fully saturated rings. The molecule has 0 nitrogen and oxygen atoms in total. The maximum absolute atomic E-state index is 12.6. The van der Waals surface area contributed by atoms with Gasteiger partial charge in [0.2, 0.25) is 0 Å². The fraction of sp³-hybridized carbons (Fsp3) is 0.500. The molecule has 0 bridgehead atoms. The molecule has 1 aliphatic rings. The van der Waals surface area contributed by atoms with Crippen LogP contribution in [0.1, 0.15) is 31.7 Å². The molecule has 0 amide bonds. The van der Waals surface area contributed by atoms with E-state index in [1.807, 2.05) is 12.1 Å². The van der Waals surface area contributed by atoms with Gasteiger partial charge in [0.25, 0.3) is 0 Å². The van der Waals surface area contributed by atoms with Gasteiger partial charge in [-0.3, -0.25) is 0 Å². The predicted molar refractivity (Wildman–Crippen MR) is 52.1 cm³/mol. The van der Waals surface area contributed by atoms with Crippen molar-refractivity contribution in [1.82, 2.24) is 0 Å². The fourth-order valence-corrected chi connectivity index (χ4v) is 2.04. The van der Waals surface area contributed by atoms with E-state index in [2.05, 4.69) is 13.8 Å². The summed E-state index contributed by atoms with van der Waals surface area (Å²) in [4.78, 5) is 0. The highest BCUT2D eigenvalue weighted by molar-refractivity contribution is 5.26. The summed E-state index contributed by atoms with van der Waals surface area (Å²) in [5.74, 6) is 2.15. The molecule has 0 N–H and O–H groups in total. The van der Waals surface area contributed by atoms with Gasteiger partial charge < -0.3 is 0 Å². The minimum Gasteiger partial charge on any atom is -0.207 e. The van der Waals surface area contributed by atoms with Crippen molar-refractivity contribution in [2.75, 3.05) is 0 Å². The Morgan fingerprint density at radius 1 is 1.23 bits per heavy atom. The SMILES string of the molecule is CC(C)C1CC1c1ccc(F)cc1. The smallest absolute Gasteiger partial charge is 0.123 e. The third kappa shape index (κ3) is 1.74. The van der Waals surface area contributed by atoms with Gasteiger partial charge >= 0.3 is 0 Å². The fourth-order valence-electron chi connectivity index (χ4n) is 2.04. The lowest BCUT2D eigenvalue weighted by Crippen LogP contribution is -1.92. The van der Waals surface area contributed by atoms with Crippen molar-refractivity contribution in [3.05, 3.63) is 35.6 Å². The third-order valence-corrected chi connectivity index (χ3v) is 2.99. The van der Waals surface area contributed by atoms with Crippen LogP contribution in [-0.4, -0.2) is 0 Å². The van der Waals surface area contributed by atoms with Crippen molar-refractivity contribution in [3.63, 3.8) is 0 Å². The van der Waals surface area contributed by atoms with Gasteiger partial charge in [-0.1, -0.05) is 26.0 Å². The minimum absolute atomic E-state index is 0.134. The average molecular weight is 178 g/mol. The van der Waals surface area contributed by atoms with Crippen molar-refractivity contribution in [2.24, 2.45) is 11.8 Å². The number of rotatable bonds is 2. The molecule has 1 saturated carbocycles. The summed E-state index contributed by atoms with van der Waals surface area (Å²) in [6.45, 7) is 4.52. The zero-order chi connectivity index (χ0) is 9.42. The Labute approximate surface area is 78.8 Å². The standard InChI is InChI=1S/C12H15F/c1-8(2)11-7-12(11)9-3-5-10(13)6-4-9/h3-6,8,11-12H,7H2,1-2H3. The van der Waals surface area contributed by atoms with Crippen LogP contribution in [0.4, 0.5) is 4.39 Å². The van der Waals surface area contributed by atoms with E-state index in [1.165, 1.54) is 12.0 Å². The highest BCUT2D eigenvalue weighted by Crippen LogP contribution is 2.51. The van der Waals surface area contributed by atoms with Crippen LogP contribution in [0.3, 0.4) is 0 Å². The molecule has 0 spiro atoms. The molecule has 13 heavy (non-hydrogen) atoms. The summed E-state index contributed by atoms with van der Waals surface area (Å²) < 4.78 is 12.6. The Balaban J connectivity index is 2.08. The van der Waals surface area contributed by atoms with E-state index in [4.69, 9.17) is 0 Å². The molecule has 0 aliphatic heterocycles. The van der Waals surface area contributed by atoms with Gasteiger partial charge in [0.15, 0.2) is 0 Å². The Bertz CT molecular complexity index is 286. The number of halogens is 1. The molecule has 1 aromatic rings. The highest BCUT2D eigenvalue weighted by Gasteiger charge is 2.39. The summed E-state index contributed by atoms with van der Waals surface area (Å²) in [5, 5.41) is 0. The Morgan fingerprint density at radius 3 is 2.31 bits per heavy atom. The number of benzene rings is 1. The third-order valence-electron chi connectivity index (χ3n) is 2.99. The van der Waals surface area contributed by atoms with Gasteiger partial charge in [-0.05, 0) is 41.9 Å². The van der Waals surface area contributed by atoms with Crippen molar-refractivity contribution in [2.45, 2.75) is 26.2 Å². The first-order valence-electron chi connectivity index (χ1n) is 4.94. The van der Waals surface area contributed by atoms with Crippen LogP contribution < -0.4 is 0 Å². The molecule has 1 aliphatic carbocycles. The summed E-state index contributed by atoms with van der Waals surface area (Å²) in [5.41, 5.74) is 1.31. The molecule has 1 aromatic carbocycles. The van der Waals surface area contributed by atoms with Gasteiger partial charge in [-0.15, -0.1) is 0 Å². The van der Waals surface area contributed by atoms with Crippen LogP contribution >= 0.6 is 0 Å². The molecule has 0 saturated heterocycles. The molecule has 1 heteroatoms. The molecule has 0 heterocycles. The van der Waals surface area contributed by atoms with Crippen molar-refractivity contribution in [3.8, 4) is 0 Å². The van der Waals surface area contributed by atoms with E-state index < -0.39 is 0 Å². The minimum atomic E-state index is -0.134. The molecule has 0 aromatic heterocycles. The lowest BCUT2D eigenvalue weighted by molar-refractivity contribution is 0.548. The van der Waals surface area contributed by atoms with Crippen LogP contribution in [0.5, 0.6) is 0 Å². The van der Waals surface area contributed by atoms with E-state index in [9.17, 15) is 4.39 Å². The summed E-state index contributed by atoms with van der Waals surface area (Å²) in [6, 6.07) is 6.96. The zero-order valence-corrected chi connectivity index (χ0v) is 8.13. The lowest BCUT2D eigenvalue weighted by Gasteiger charge is -2.03.